The first-order valence-electron chi connectivity index (χ1n) is 6.92. The molecule has 2 heteroatoms. The summed E-state index contributed by atoms with van der Waals surface area (Å²) in [6, 6.07) is 5.13. The topological polar surface area (TPSA) is 17.1 Å². The van der Waals surface area contributed by atoms with E-state index < -0.39 is 0 Å². The lowest BCUT2D eigenvalue weighted by Crippen LogP contribution is -2.13. The van der Waals surface area contributed by atoms with Crippen molar-refractivity contribution in [2.45, 2.75) is 51.9 Å². The molecule has 0 heterocycles. The molecule has 18 heavy (non-hydrogen) atoms. The Morgan fingerprint density at radius 3 is 2.44 bits per heavy atom. The lowest BCUT2D eigenvalue weighted by Gasteiger charge is -2.28. The largest absolute Gasteiger partial charge is 0.294 e. The number of halogens is 1. The van der Waals surface area contributed by atoms with E-state index in [1.807, 2.05) is 6.07 Å². The predicted molar refractivity (Wildman–Crippen MR) is 71.4 cm³/mol. The molecule has 0 saturated heterocycles. The van der Waals surface area contributed by atoms with Crippen molar-refractivity contribution in [3.8, 4) is 0 Å². The minimum absolute atomic E-state index is 0.200. The molecule has 1 fully saturated rings. The van der Waals surface area contributed by atoms with Crippen LogP contribution in [0.4, 0.5) is 4.39 Å². The Morgan fingerprint density at radius 2 is 1.94 bits per heavy atom. The molecule has 1 aromatic rings. The number of carbonyl (C=O) groups is 1. The van der Waals surface area contributed by atoms with Gasteiger partial charge >= 0.3 is 0 Å². The molecular weight excluding hydrogens is 227 g/mol. The van der Waals surface area contributed by atoms with Crippen LogP contribution in [0.2, 0.25) is 0 Å². The normalized spacial score (nSPS) is 23.9. The van der Waals surface area contributed by atoms with Gasteiger partial charge in [0.1, 0.15) is 5.82 Å². The minimum atomic E-state index is -0.363. The van der Waals surface area contributed by atoms with Gasteiger partial charge in [0.05, 0.1) is 5.56 Å². The molecule has 0 bridgehead atoms. The lowest BCUT2D eigenvalue weighted by molar-refractivity contribution is 0.101. The van der Waals surface area contributed by atoms with E-state index in [2.05, 4.69) is 6.92 Å². The van der Waals surface area contributed by atoms with E-state index in [0.29, 0.717) is 5.92 Å². The number of carbonyl (C=O) groups excluding carboxylic acids is 1. The molecule has 0 unspecified atom stereocenters. The fraction of sp³-hybridized carbons (Fsp3) is 0.562. The molecule has 1 aliphatic rings. The molecule has 0 radical (unpaired) electrons. The molecule has 1 nitrogen and oxygen atoms in total. The summed E-state index contributed by atoms with van der Waals surface area (Å²) in [4.78, 5) is 11.2. The Balaban J connectivity index is 2.11. The van der Waals surface area contributed by atoms with Crippen LogP contribution in [-0.2, 0) is 0 Å². The molecular formula is C16H21FO. The van der Waals surface area contributed by atoms with E-state index >= 15 is 0 Å². The number of hydrogen-bond donors (Lipinski definition) is 0. The van der Waals surface area contributed by atoms with Crippen molar-refractivity contribution in [2.75, 3.05) is 0 Å². The molecule has 0 atom stereocenters. The molecule has 2 rings (SSSR count). The fourth-order valence-electron chi connectivity index (χ4n) is 2.97. The molecule has 1 aliphatic carbocycles. The third-order valence-electron chi connectivity index (χ3n) is 4.27. The van der Waals surface area contributed by atoms with Gasteiger partial charge in [0.15, 0.2) is 5.78 Å². The first-order chi connectivity index (χ1) is 8.61. The van der Waals surface area contributed by atoms with Crippen molar-refractivity contribution in [3.05, 3.63) is 35.1 Å². The second kappa shape index (κ2) is 5.64. The maximum absolute atomic E-state index is 13.8. The van der Waals surface area contributed by atoms with Crippen molar-refractivity contribution in [1.29, 1.82) is 0 Å². The second-order valence-electron chi connectivity index (χ2n) is 5.42. The highest BCUT2D eigenvalue weighted by molar-refractivity contribution is 5.94. The summed E-state index contributed by atoms with van der Waals surface area (Å²) < 4.78 is 13.8. The number of rotatable bonds is 3. The third-order valence-corrected chi connectivity index (χ3v) is 4.27. The molecule has 1 aromatic carbocycles. The maximum Gasteiger partial charge on any atom is 0.162 e. The Morgan fingerprint density at radius 1 is 1.28 bits per heavy atom. The fourth-order valence-corrected chi connectivity index (χ4v) is 2.97. The van der Waals surface area contributed by atoms with Gasteiger partial charge in [-0.1, -0.05) is 19.4 Å². The van der Waals surface area contributed by atoms with Crippen molar-refractivity contribution >= 4 is 5.78 Å². The maximum atomic E-state index is 13.8. The zero-order chi connectivity index (χ0) is 13.1. The van der Waals surface area contributed by atoms with Gasteiger partial charge in [0.2, 0.25) is 0 Å². The van der Waals surface area contributed by atoms with Crippen LogP contribution in [0.5, 0.6) is 0 Å². The molecule has 0 aromatic heterocycles. The van der Waals surface area contributed by atoms with E-state index in [1.165, 1.54) is 26.2 Å². The standard InChI is InChI=1S/C16H21FO/c1-3-12-4-6-13(7-5-12)14-8-9-15(11(2)18)16(17)10-14/h8-10,12-13H,3-7H2,1-2H3. The Hall–Kier alpha value is -1.18. The van der Waals surface area contributed by atoms with E-state index in [9.17, 15) is 9.18 Å². The summed E-state index contributed by atoms with van der Waals surface area (Å²) in [6.07, 6.45) is 6.05. The van der Waals surface area contributed by atoms with E-state index in [-0.39, 0.29) is 17.2 Å². The van der Waals surface area contributed by atoms with E-state index in [4.69, 9.17) is 0 Å². The summed E-state index contributed by atoms with van der Waals surface area (Å²) in [5.74, 6) is 0.761. The van der Waals surface area contributed by atoms with Gasteiger partial charge in [-0.25, -0.2) is 4.39 Å². The SMILES string of the molecule is CCC1CCC(c2ccc(C(C)=O)c(F)c2)CC1. The van der Waals surface area contributed by atoms with Crippen LogP contribution in [0, 0.1) is 11.7 Å². The van der Waals surface area contributed by atoms with Gasteiger partial charge in [0.25, 0.3) is 0 Å². The molecule has 0 N–H and O–H groups in total. The van der Waals surface area contributed by atoms with Gasteiger partial charge < -0.3 is 0 Å². The number of hydrogen-bond acceptors (Lipinski definition) is 1. The smallest absolute Gasteiger partial charge is 0.162 e. The Bertz CT molecular complexity index is 431. The van der Waals surface area contributed by atoms with Crippen molar-refractivity contribution in [2.24, 2.45) is 5.92 Å². The van der Waals surface area contributed by atoms with Crippen LogP contribution < -0.4 is 0 Å². The summed E-state index contributed by atoms with van der Waals surface area (Å²) in [5.41, 5.74) is 1.27. The van der Waals surface area contributed by atoms with Gasteiger partial charge in [-0.3, -0.25) is 4.79 Å². The highest BCUT2D eigenvalue weighted by atomic mass is 19.1. The van der Waals surface area contributed by atoms with E-state index in [1.54, 1.807) is 12.1 Å². The van der Waals surface area contributed by atoms with Crippen LogP contribution >= 0.6 is 0 Å². The highest BCUT2D eigenvalue weighted by Crippen LogP contribution is 2.37. The first-order valence-corrected chi connectivity index (χ1v) is 6.92. The number of benzene rings is 1. The van der Waals surface area contributed by atoms with Gasteiger partial charge in [0, 0.05) is 0 Å². The van der Waals surface area contributed by atoms with Crippen molar-refractivity contribution in [3.63, 3.8) is 0 Å². The second-order valence-corrected chi connectivity index (χ2v) is 5.42. The summed E-state index contributed by atoms with van der Waals surface area (Å²) in [5, 5.41) is 0. The lowest BCUT2D eigenvalue weighted by atomic mass is 9.77. The van der Waals surface area contributed by atoms with E-state index in [0.717, 1.165) is 24.3 Å². The summed E-state index contributed by atoms with van der Waals surface area (Å²) in [7, 11) is 0. The van der Waals surface area contributed by atoms with Crippen LogP contribution in [0.1, 0.15) is 67.8 Å². The zero-order valence-electron chi connectivity index (χ0n) is 11.2. The quantitative estimate of drug-likeness (QED) is 0.708. The summed E-state index contributed by atoms with van der Waals surface area (Å²) in [6.45, 7) is 3.65. The average Bonchev–Trinajstić information content (AvgIpc) is 2.38. The Kier molecular flexibility index (Phi) is 4.15. The first kappa shape index (κ1) is 13.3. The zero-order valence-corrected chi connectivity index (χ0v) is 11.2. The molecule has 0 spiro atoms. The minimum Gasteiger partial charge on any atom is -0.294 e. The van der Waals surface area contributed by atoms with Crippen LogP contribution in [-0.4, -0.2) is 5.78 Å². The molecule has 1 saturated carbocycles. The molecule has 98 valence electrons. The summed E-state index contributed by atoms with van der Waals surface area (Å²) >= 11 is 0. The van der Waals surface area contributed by atoms with Crippen LogP contribution in [0.25, 0.3) is 0 Å². The van der Waals surface area contributed by atoms with Crippen molar-refractivity contribution < 1.29 is 9.18 Å². The molecule has 0 aliphatic heterocycles. The van der Waals surface area contributed by atoms with Crippen LogP contribution in [0.15, 0.2) is 18.2 Å². The van der Waals surface area contributed by atoms with Gasteiger partial charge in [-0.2, -0.15) is 0 Å². The average molecular weight is 248 g/mol. The predicted octanol–water partition coefficient (Wildman–Crippen LogP) is 4.71. The highest BCUT2D eigenvalue weighted by Gasteiger charge is 2.22. The van der Waals surface area contributed by atoms with Gasteiger partial charge in [-0.15, -0.1) is 0 Å². The monoisotopic (exact) mass is 248 g/mol. The molecule has 0 amide bonds. The van der Waals surface area contributed by atoms with Gasteiger partial charge in [-0.05, 0) is 62.1 Å². The number of Topliss-reactive ketones (excluding diaryl/α,β-unsaturated/α-hetero) is 1. The third kappa shape index (κ3) is 2.80. The van der Waals surface area contributed by atoms with Crippen molar-refractivity contribution in [1.82, 2.24) is 0 Å². The number of ketones is 1. The van der Waals surface area contributed by atoms with Crippen LogP contribution in [0.3, 0.4) is 0 Å². The Labute approximate surface area is 108 Å².